The second-order valence-electron chi connectivity index (χ2n) is 8.59. The first-order valence-corrected chi connectivity index (χ1v) is 11.4. The molecule has 0 aromatic heterocycles. The number of nitriles is 2. The van der Waals surface area contributed by atoms with E-state index in [0.29, 0.717) is 11.1 Å². The van der Waals surface area contributed by atoms with Crippen molar-refractivity contribution in [3.63, 3.8) is 0 Å². The Morgan fingerprint density at radius 1 is 1.03 bits per heavy atom. The molecule has 0 amide bonds. The topological polar surface area (TPSA) is 55.2 Å². The minimum Gasteiger partial charge on any atom is -0.344 e. The van der Waals surface area contributed by atoms with E-state index in [-0.39, 0.29) is 16.7 Å². The van der Waals surface area contributed by atoms with Crippen LogP contribution in [0.25, 0.3) is 10.4 Å². The Labute approximate surface area is 202 Å². The van der Waals surface area contributed by atoms with Gasteiger partial charge < -0.3 is 4.90 Å². The summed E-state index contributed by atoms with van der Waals surface area (Å²) in [4.78, 5) is 5.75. The number of benzene rings is 2. The predicted octanol–water partition coefficient (Wildman–Crippen LogP) is 7.33. The summed E-state index contributed by atoms with van der Waals surface area (Å²) >= 11 is 0. The quantitative estimate of drug-likeness (QED) is 0.255. The van der Waals surface area contributed by atoms with Crippen LogP contribution in [0.3, 0.4) is 0 Å². The molecule has 0 saturated heterocycles. The summed E-state index contributed by atoms with van der Waals surface area (Å²) in [6, 6.07) is 21.8. The van der Waals surface area contributed by atoms with E-state index in [2.05, 4.69) is 66.9 Å². The molecule has 0 unspecified atom stereocenters. The van der Waals surface area contributed by atoms with E-state index in [9.17, 15) is 10.5 Å². The number of anilines is 1. The number of fused-ring (bicyclic) bond motifs is 1. The van der Waals surface area contributed by atoms with Gasteiger partial charge in [0.2, 0.25) is 0 Å². The lowest BCUT2D eigenvalue weighted by Gasteiger charge is -2.27. The zero-order valence-electron chi connectivity index (χ0n) is 19.9. The molecular formula is C30H28N4. The molecular weight excluding hydrogens is 416 g/mol. The van der Waals surface area contributed by atoms with Crippen molar-refractivity contribution in [1.82, 2.24) is 0 Å². The highest BCUT2D eigenvalue weighted by Gasteiger charge is 2.39. The maximum Gasteiger partial charge on any atom is 0.270 e. The monoisotopic (exact) mass is 444 g/mol. The average molecular weight is 445 g/mol. The first-order valence-electron chi connectivity index (χ1n) is 11.4. The highest BCUT2D eigenvalue weighted by atomic mass is 15.2. The minimum atomic E-state index is -0.135. The molecule has 4 heteroatoms. The molecule has 0 bridgehead atoms. The van der Waals surface area contributed by atoms with Crippen LogP contribution in [0.5, 0.6) is 0 Å². The molecule has 1 heterocycles. The number of hydrogen-bond donors (Lipinski definition) is 0. The van der Waals surface area contributed by atoms with Gasteiger partial charge in [0, 0.05) is 28.9 Å². The first kappa shape index (κ1) is 24.3. The van der Waals surface area contributed by atoms with E-state index in [0.717, 1.165) is 19.4 Å². The van der Waals surface area contributed by atoms with Crippen LogP contribution in [0, 0.1) is 29.2 Å². The second-order valence-corrected chi connectivity index (χ2v) is 8.59. The molecule has 0 fully saturated rings. The lowest BCUT2D eigenvalue weighted by atomic mass is 9.84. The van der Waals surface area contributed by atoms with Crippen LogP contribution in [-0.4, -0.2) is 6.54 Å². The fraction of sp³-hybridized carbons (Fsp3) is 0.233. The van der Waals surface area contributed by atoms with Gasteiger partial charge in [-0.05, 0) is 35.8 Å². The van der Waals surface area contributed by atoms with E-state index in [1.807, 2.05) is 36.4 Å². The van der Waals surface area contributed by atoms with Crippen LogP contribution in [-0.2, 0) is 5.41 Å². The van der Waals surface area contributed by atoms with Crippen molar-refractivity contribution in [2.45, 2.75) is 39.0 Å². The molecule has 2 aromatic rings. The summed E-state index contributed by atoms with van der Waals surface area (Å²) in [6.07, 6.45) is 9.74. The summed E-state index contributed by atoms with van der Waals surface area (Å²) in [5.74, 6) is 0. The normalized spacial score (nSPS) is 16.5. The fourth-order valence-electron chi connectivity index (χ4n) is 4.33. The molecule has 0 saturated carbocycles. The Morgan fingerprint density at radius 3 is 2.38 bits per heavy atom. The van der Waals surface area contributed by atoms with Gasteiger partial charge in [-0.15, -0.1) is 0 Å². The van der Waals surface area contributed by atoms with Crippen molar-refractivity contribution in [3.05, 3.63) is 118 Å². The van der Waals surface area contributed by atoms with Crippen LogP contribution >= 0.6 is 0 Å². The molecule has 0 spiro atoms. The highest BCUT2D eigenvalue weighted by Crippen LogP contribution is 2.47. The molecule has 1 aliphatic rings. The van der Waals surface area contributed by atoms with Gasteiger partial charge in [0.15, 0.2) is 0 Å². The third-order valence-corrected chi connectivity index (χ3v) is 6.07. The molecule has 0 atom stereocenters. The average Bonchev–Trinajstić information content (AvgIpc) is 3.08. The van der Waals surface area contributed by atoms with Gasteiger partial charge in [0.1, 0.15) is 0 Å². The smallest absolute Gasteiger partial charge is 0.270 e. The van der Waals surface area contributed by atoms with Crippen LogP contribution in [0.1, 0.15) is 44.7 Å². The van der Waals surface area contributed by atoms with Crippen LogP contribution < -0.4 is 4.90 Å². The van der Waals surface area contributed by atoms with Gasteiger partial charge >= 0.3 is 0 Å². The maximum atomic E-state index is 9.83. The summed E-state index contributed by atoms with van der Waals surface area (Å²) in [5.41, 5.74) is 4.85. The fourth-order valence-corrected chi connectivity index (χ4v) is 4.33. The van der Waals surface area contributed by atoms with Gasteiger partial charge in [0.25, 0.3) is 5.70 Å². The van der Waals surface area contributed by atoms with E-state index in [4.69, 9.17) is 6.57 Å². The molecule has 1 aliphatic heterocycles. The number of rotatable bonds is 7. The summed E-state index contributed by atoms with van der Waals surface area (Å²) in [7, 11) is 0. The minimum absolute atomic E-state index is 0.0936. The third kappa shape index (κ3) is 4.85. The molecule has 4 nitrogen and oxygen atoms in total. The number of allylic oxidation sites excluding steroid dienone is 8. The maximum absolute atomic E-state index is 9.83. The van der Waals surface area contributed by atoms with Crippen LogP contribution in [0.2, 0.25) is 0 Å². The standard InChI is InChI=1S/C30H28N4/c1-5-6-20-34-27-18-12-11-17-25(27)30(2,3)28(34)19-13-10-16-24(21-31)29(26(22-32)33-4)23-14-8-7-9-15-23/h7-19H,5-6,20H2,1-3H3/b13-10+,24-16+,28-19+,29-26+. The number of nitrogens with zero attached hydrogens (tertiary/aromatic N) is 4. The first-order chi connectivity index (χ1) is 16.5. The van der Waals surface area contributed by atoms with Crippen molar-refractivity contribution in [2.24, 2.45) is 0 Å². The molecule has 0 N–H and O–H groups in total. The van der Waals surface area contributed by atoms with E-state index in [1.165, 1.54) is 16.9 Å². The molecule has 168 valence electrons. The zero-order chi connectivity index (χ0) is 24.6. The molecule has 3 rings (SSSR count). The van der Waals surface area contributed by atoms with Crippen molar-refractivity contribution in [3.8, 4) is 12.1 Å². The summed E-state index contributed by atoms with van der Waals surface area (Å²) < 4.78 is 0. The van der Waals surface area contributed by atoms with Gasteiger partial charge in [-0.1, -0.05) is 87.9 Å². The zero-order valence-corrected chi connectivity index (χ0v) is 19.9. The van der Waals surface area contributed by atoms with Gasteiger partial charge in [-0.3, -0.25) is 0 Å². The Hall–Kier alpha value is -4.33. The Bertz CT molecular complexity index is 1270. The molecule has 0 aliphatic carbocycles. The lowest BCUT2D eigenvalue weighted by Crippen LogP contribution is -2.26. The Balaban J connectivity index is 2.00. The van der Waals surface area contributed by atoms with Gasteiger partial charge in [0.05, 0.1) is 24.3 Å². The Morgan fingerprint density at radius 2 is 1.74 bits per heavy atom. The number of hydrogen-bond acceptors (Lipinski definition) is 3. The molecule has 0 radical (unpaired) electrons. The summed E-state index contributed by atoms with van der Waals surface area (Å²) in [5, 5.41) is 19.3. The van der Waals surface area contributed by atoms with E-state index < -0.39 is 0 Å². The summed E-state index contributed by atoms with van der Waals surface area (Å²) in [6.45, 7) is 15.0. The van der Waals surface area contributed by atoms with Gasteiger partial charge in [-0.25, -0.2) is 10.1 Å². The van der Waals surface area contributed by atoms with Crippen molar-refractivity contribution < 1.29 is 0 Å². The van der Waals surface area contributed by atoms with Crippen LogP contribution in [0.4, 0.5) is 5.69 Å². The predicted molar refractivity (Wildman–Crippen MR) is 138 cm³/mol. The Kier molecular flexibility index (Phi) is 7.87. The lowest BCUT2D eigenvalue weighted by molar-refractivity contribution is 0.624. The largest absolute Gasteiger partial charge is 0.344 e. The van der Waals surface area contributed by atoms with Crippen molar-refractivity contribution in [2.75, 3.05) is 11.4 Å². The van der Waals surface area contributed by atoms with Gasteiger partial charge in [-0.2, -0.15) is 5.26 Å². The van der Waals surface area contributed by atoms with Crippen LogP contribution in [0.15, 0.2) is 95.9 Å². The van der Waals surface area contributed by atoms with Crippen molar-refractivity contribution in [1.29, 1.82) is 10.5 Å². The molecule has 2 aromatic carbocycles. The van der Waals surface area contributed by atoms with Crippen molar-refractivity contribution >= 4 is 11.3 Å². The number of para-hydroxylation sites is 1. The highest BCUT2D eigenvalue weighted by molar-refractivity contribution is 5.88. The van der Waals surface area contributed by atoms with E-state index >= 15 is 0 Å². The SMILES string of the molecule is [C-]#[N+]/C(C#N)=C(/C(C#N)=C/C=C/C=C1/N(CCCC)c2ccccc2C1(C)C)c1ccccc1. The second kappa shape index (κ2) is 11.0. The third-order valence-electron chi connectivity index (χ3n) is 6.07. The van der Waals surface area contributed by atoms with E-state index in [1.54, 1.807) is 18.2 Å². The number of unbranched alkanes of at least 4 members (excludes halogenated alkanes) is 1. The molecule has 34 heavy (non-hydrogen) atoms.